The number of imide groups is 1. The summed E-state index contributed by atoms with van der Waals surface area (Å²) < 4.78 is 14.8. The van der Waals surface area contributed by atoms with E-state index in [0.29, 0.717) is 11.0 Å². The molecule has 0 radical (unpaired) electrons. The molecule has 9 heteroatoms. The van der Waals surface area contributed by atoms with Gasteiger partial charge >= 0.3 is 0 Å². The molecule has 0 saturated carbocycles. The maximum Gasteiger partial charge on any atom is 0.272 e. The number of carbonyl (C=O) groups is 3. The van der Waals surface area contributed by atoms with E-state index in [1.807, 2.05) is 41.3 Å². The van der Waals surface area contributed by atoms with Crippen LogP contribution >= 0.6 is 0 Å². The van der Waals surface area contributed by atoms with E-state index in [0.717, 1.165) is 16.2 Å². The van der Waals surface area contributed by atoms with Crippen molar-refractivity contribution in [3.05, 3.63) is 90.3 Å². The SMILES string of the molecule is O=C1[C@@H]2[C@H](C(=O)N1c1ccc(F)cc1)[C@H](C(=O)n1nnc3ccccc31)N1c3ccccc3C=C[C@@H]21. The van der Waals surface area contributed by atoms with Crippen LogP contribution in [0.4, 0.5) is 15.8 Å². The molecule has 2 saturated heterocycles. The van der Waals surface area contributed by atoms with Crippen LogP contribution < -0.4 is 9.80 Å². The Labute approximate surface area is 204 Å². The molecule has 3 aliphatic rings. The van der Waals surface area contributed by atoms with E-state index < -0.39 is 47.5 Å². The number of rotatable bonds is 2. The van der Waals surface area contributed by atoms with Crippen molar-refractivity contribution in [1.82, 2.24) is 15.0 Å². The van der Waals surface area contributed by atoms with Crippen LogP contribution in [0.25, 0.3) is 17.1 Å². The Kier molecular flexibility index (Phi) is 4.26. The van der Waals surface area contributed by atoms with Crippen molar-refractivity contribution in [3.8, 4) is 0 Å². The lowest BCUT2D eigenvalue weighted by Crippen LogP contribution is -2.50. The summed E-state index contributed by atoms with van der Waals surface area (Å²) >= 11 is 0. The molecular weight excluding hydrogens is 461 g/mol. The normalized spacial score (nSPS) is 24.2. The third kappa shape index (κ3) is 2.70. The topological polar surface area (TPSA) is 88.4 Å². The van der Waals surface area contributed by atoms with E-state index in [1.165, 1.54) is 28.9 Å². The Balaban J connectivity index is 1.39. The Hall–Kier alpha value is -4.66. The quantitative estimate of drug-likeness (QED) is 0.410. The summed E-state index contributed by atoms with van der Waals surface area (Å²) in [6, 6.07) is 18.4. The highest BCUT2D eigenvalue weighted by atomic mass is 19.1. The van der Waals surface area contributed by atoms with Crippen LogP contribution in [0.5, 0.6) is 0 Å². The van der Waals surface area contributed by atoms with Crippen LogP contribution in [0.1, 0.15) is 10.4 Å². The van der Waals surface area contributed by atoms with E-state index in [4.69, 9.17) is 0 Å². The summed E-state index contributed by atoms with van der Waals surface area (Å²) in [5.41, 5.74) is 3.03. The number of hydrogen-bond donors (Lipinski definition) is 0. The molecule has 176 valence electrons. The maximum atomic E-state index is 14.1. The smallest absolute Gasteiger partial charge is 0.272 e. The predicted molar refractivity (Wildman–Crippen MR) is 130 cm³/mol. The first-order valence-corrected chi connectivity index (χ1v) is 11.6. The fraction of sp³-hybridized carbons (Fsp3) is 0.148. The number of amides is 2. The van der Waals surface area contributed by atoms with Crippen molar-refractivity contribution in [3.63, 3.8) is 0 Å². The first-order chi connectivity index (χ1) is 17.5. The van der Waals surface area contributed by atoms with Crippen molar-refractivity contribution in [2.75, 3.05) is 9.80 Å². The molecule has 0 spiro atoms. The molecule has 1 aromatic heterocycles. The molecule has 0 unspecified atom stereocenters. The Morgan fingerprint density at radius 2 is 1.58 bits per heavy atom. The Morgan fingerprint density at radius 1 is 0.861 bits per heavy atom. The first kappa shape index (κ1) is 20.7. The number of hydrogen-bond acceptors (Lipinski definition) is 6. The highest BCUT2D eigenvalue weighted by Gasteiger charge is 2.64. The van der Waals surface area contributed by atoms with Crippen molar-refractivity contribution >= 4 is 46.2 Å². The fourth-order valence-corrected chi connectivity index (χ4v) is 5.80. The average molecular weight is 479 g/mol. The van der Waals surface area contributed by atoms with Gasteiger partial charge in [0.1, 0.15) is 17.4 Å². The van der Waals surface area contributed by atoms with Crippen molar-refractivity contribution in [2.45, 2.75) is 12.1 Å². The highest BCUT2D eigenvalue weighted by Crippen LogP contribution is 2.49. The zero-order valence-corrected chi connectivity index (χ0v) is 18.7. The second-order valence-electron chi connectivity index (χ2n) is 9.13. The van der Waals surface area contributed by atoms with Crippen LogP contribution in [0.15, 0.2) is 78.9 Å². The number of fused-ring (bicyclic) bond motifs is 6. The van der Waals surface area contributed by atoms with Gasteiger partial charge in [0.25, 0.3) is 5.91 Å². The first-order valence-electron chi connectivity index (χ1n) is 11.6. The Morgan fingerprint density at radius 3 is 2.42 bits per heavy atom. The number of anilines is 2. The molecule has 3 aliphatic heterocycles. The van der Waals surface area contributed by atoms with Gasteiger partial charge in [0.05, 0.1) is 29.1 Å². The van der Waals surface area contributed by atoms with Gasteiger partial charge in [-0.25, -0.2) is 9.29 Å². The van der Waals surface area contributed by atoms with Crippen molar-refractivity contribution in [1.29, 1.82) is 0 Å². The van der Waals surface area contributed by atoms with Crippen LogP contribution in [0, 0.1) is 17.7 Å². The van der Waals surface area contributed by atoms with Crippen LogP contribution in [0.3, 0.4) is 0 Å². The number of carbonyl (C=O) groups excluding carboxylic acids is 3. The maximum absolute atomic E-state index is 14.1. The third-order valence-corrected chi connectivity index (χ3v) is 7.31. The minimum atomic E-state index is -0.988. The Bertz CT molecular complexity index is 1610. The van der Waals surface area contributed by atoms with Gasteiger partial charge in [-0.15, -0.1) is 5.10 Å². The van der Waals surface area contributed by atoms with Gasteiger partial charge in [-0.2, -0.15) is 4.68 Å². The standard InChI is InChI=1S/C27H18FN5O3/c28-16-10-12-17(13-11-16)31-25(34)22-21-14-9-15-5-1-3-7-19(15)32(21)24(23(22)26(31)35)27(36)33-20-8-4-2-6-18(20)29-30-33/h1-14,21-24H/t21-,22-,23-,24+/m0/s1. The molecule has 7 rings (SSSR count). The van der Waals surface area contributed by atoms with Gasteiger partial charge < -0.3 is 4.90 Å². The summed E-state index contributed by atoms with van der Waals surface area (Å²) in [6.07, 6.45) is 3.80. The van der Waals surface area contributed by atoms with Gasteiger partial charge in [0.2, 0.25) is 11.8 Å². The molecule has 4 aromatic rings. The van der Waals surface area contributed by atoms with E-state index >= 15 is 0 Å². The third-order valence-electron chi connectivity index (χ3n) is 7.31. The summed E-state index contributed by atoms with van der Waals surface area (Å²) in [5.74, 6) is -3.53. The number of aromatic nitrogens is 3. The lowest BCUT2D eigenvalue weighted by molar-refractivity contribution is -0.122. The average Bonchev–Trinajstić information content (AvgIpc) is 3.56. The fourth-order valence-electron chi connectivity index (χ4n) is 5.80. The zero-order valence-electron chi connectivity index (χ0n) is 18.7. The molecule has 4 atom stereocenters. The van der Waals surface area contributed by atoms with Gasteiger partial charge in [-0.1, -0.05) is 47.7 Å². The lowest BCUT2D eigenvalue weighted by Gasteiger charge is -2.36. The van der Waals surface area contributed by atoms with Crippen LogP contribution in [-0.4, -0.2) is 44.8 Å². The largest absolute Gasteiger partial charge is 0.351 e. The molecule has 2 fully saturated rings. The molecule has 0 bridgehead atoms. The second-order valence-corrected chi connectivity index (χ2v) is 9.13. The van der Waals surface area contributed by atoms with E-state index in [2.05, 4.69) is 10.3 Å². The van der Waals surface area contributed by atoms with Crippen molar-refractivity contribution < 1.29 is 18.8 Å². The van der Waals surface area contributed by atoms with Gasteiger partial charge in [-0.3, -0.25) is 14.4 Å². The summed E-state index contributed by atoms with van der Waals surface area (Å²) in [7, 11) is 0. The molecule has 0 aliphatic carbocycles. The zero-order chi connectivity index (χ0) is 24.6. The molecule has 36 heavy (non-hydrogen) atoms. The molecule has 4 heterocycles. The minimum absolute atomic E-state index is 0.282. The van der Waals surface area contributed by atoms with Gasteiger partial charge in [-0.05, 0) is 48.0 Å². The van der Waals surface area contributed by atoms with Crippen LogP contribution in [0.2, 0.25) is 0 Å². The van der Waals surface area contributed by atoms with Gasteiger partial charge in [0.15, 0.2) is 0 Å². The van der Waals surface area contributed by atoms with Gasteiger partial charge in [0, 0.05) is 5.69 Å². The highest BCUT2D eigenvalue weighted by molar-refractivity contribution is 6.25. The van der Waals surface area contributed by atoms with E-state index in [1.54, 1.807) is 24.3 Å². The lowest BCUT2D eigenvalue weighted by atomic mass is 9.88. The van der Waals surface area contributed by atoms with Crippen molar-refractivity contribution in [2.24, 2.45) is 11.8 Å². The molecule has 0 N–H and O–H groups in total. The minimum Gasteiger partial charge on any atom is -0.351 e. The summed E-state index contributed by atoms with van der Waals surface area (Å²) in [6.45, 7) is 0. The molecule has 3 aromatic carbocycles. The number of benzene rings is 3. The van der Waals surface area contributed by atoms with E-state index in [9.17, 15) is 18.8 Å². The molecule has 2 amide bonds. The number of halogens is 1. The predicted octanol–water partition coefficient (Wildman–Crippen LogP) is 3.30. The van der Waals surface area contributed by atoms with Crippen LogP contribution in [-0.2, 0) is 9.59 Å². The monoisotopic (exact) mass is 479 g/mol. The molecule has 8 nitrogen and oxygen atoms in total. The number of para-hydroxylation sites is 2. The summed E-state index contributed by atoms with van der Waals surface area (Å²) in [5, 5.41) is 8.21. The van der Waals surface area contributed by atoms with E-state index in [-0.39, 0.29) is 5.69 Å². The second kappa shape index (κ2) is 7.42. The summed E-state index contributed by atoms with van der Waals surface area (Å²) in [4.78, 5) is 44.7. The number of nitrogens with zero attached hydrogens (tertiary/aromatic N) is 5. The molecular formula is C27H18FN5O3.